The second kappa shape index (κ2) is 9.10. The van der Waals surface area contributed by atoms with E-state index in [4.69, 9.17) is 0 Å². The third-order valence-corrected chi connectivity index (χ3v) is 6.70. The zero-order valence-corrected chi connectivity index (χ0v) is 18.4. The second-order valence-electron chi connectivity index (χ2n) is 8.09. The Kier molecular flexibility index (Phi) is 6.29. The first-order valence-electron chi connectivity index (χ1n) is 10.4. The molecule has 2 aliphatic rings. The Bertz CT molecular complexity index is 910. The molecule has 0 radical (unpaired) electrons. The van der Waals surface area contributed by atoms with Crippen molar-refractivity contribution in [2.45, 2.75) is 11.3 Å². The van der Waals surface area contributed by atoms with E-state index in [0.717, 1.165) is 42.4 Å². The molecule has 0 unspecified atom stereocenters. The highest BCUT2D eigenvalue weighted by molar-refractivity contribution is 7.98. The van der Waals surface area contributed by atoms with Crippen molar-refractivity contribution in [3.05, 3.63) is 48.5 Å². The van der Waals surface area contributed by atoms with E-state index in [1.54, 1.807) is 21.6 Å². The van der Waals surface area contributed by atoms with Crippen LogP contribution in [-0.2, 0) is 9.59 Å². The molecule has 0 spiro atoms. The first-order chi connectivity index (χ1) is 14.5. The van der Waals surface area contributed by atoms with Crippen LogP contribution in [0.5, 0.6) is 0 Å². The molecule has 0 saturated carbocycles. The predicted molar refractivity (Wildman–Crippen MR) is 123 cm³/mol. The van der Waals surface area contributed by atoms with Crippen LogP contribution >= 0.6 is 11.8 Å². The highest BCUT2D eigenvalue weighted by Gasteiger charge is 2.35. The maximum Gasteiger partial charge on any atom is 0.229 e. The number of thioether (sulfide) groups is 1. The van der Waals surface area contributed by atoms with Crippen molar-refractivity contribution in [1.29, 1.82) is 0 Å². The summed E-state index contributed by atoms with van der Waals surface area (Å²) < 4.78 is 0. The summed E-state index contributed by atoms with van der Waals surface area (Å²) in [5.74, 6) is -0.431. The van der Waals surface area contributed by atoms with Crippen LogP contribution in [0.15, 0.2) is 53.4 Å². The van der Waals surface area contributed by atoms with Crippen LogP contribution in [0.4, 0.5) is 17.1 Å². The lowest BCUT2D eigenvalue weighted by Gasteiger charge is -2.31. The van der Waals surface area contributed by atoms with E-state index in [-0.39, 0.29) is 24.2 Å². The monoisotopic (exact) mass is 425 g/mol. The number of carbonyl (C=O) groups is 2. The molecule has 0 aromatic heterocycles. The number of nitrogens with zero attached hydrogens (tertiary/aromatic N) is 2. The molecule has 6 nitrogen and oxygen atoms in total. The molecule has 2 saturated heterocycles. The molecular weight excluding hydrogens is 396 g/mol. The molecule has 2 aromatic carbocycles. The van der Waals surface area contributed by atoms with E-state index in [1.165, 1.54) is 5.69 Å². The minimum absolute atomic E-state index is 0.000877. The summed E-state index contributed by atoms with van der Waals surface area (Å²) in [6.07, 6.45) is 2.26. The summed E-state index contributed by atoms with van der Waals surface area (Å²) in [4.78, 5) is 32.1. The quantitative estimate of drug-likeness (QED) is 0.717. The molecule has 30 heavy (non-hydrogen) atoms. The van der Waals surface area contributed by atoms with E-state index in [9.17, 15) is 9.59 Å². The molecule has 2 aromatic rings. The average molecular weight is 426 g/mol. The van der Waals surface area contributed by atoms with Gasteiger partial charge in [-0.25, -0.2) is 0 Å². The Morgan fingerprint density at radius 3 is 2.53 bits per heavy atom. The Morgan fingerprint density at radius 1 is 1.10 bits per heavy atom. The number of carbonyl (C=O) groups excluding carboxylic acids is 2. The number of piperazine rings is 1. The van der Waals surface area contributed by atoms with Crippen molar-refractivity contribution in [2.24, 2.45) is 5.92 Å². The Morgan fingerprint density at radius 2 is 1.83 bits per heavy atom. The van der Waals surface area contributed by atoms with Crippen molar-refractivity contribution < 1.29 is 14.5 Å². The number of anilines is 3. The van der Waals surface area contributed by atoms with E-state index in [1.807, 2.05) is 42.7 Å². The predicted octanol–water partition coefficient (Wildman–Crippen LogP) is 1.73. The summed E-state index contributed by atoms with van der Waals surface area (Å²) in [7, 11) is 2.23. The normalized spacial score (nSPS) is 19.9. The number of amides is 2. The summed E-state index contributed by atoms with van der Waals surface area (Å²) in [6, 6.07) is 15.9. The summed E-state index contributed by atoms with van der Waals surface area (Å²) in [6.45, 7) is 4.81. The van der Waals surface area contributed by atoms with Gasteiger partial charge in [-0.1, -0.05) is 6.07 Å². The van der Waals surface area contributed by atoms with Gasteiger partial charge >= 0.3 is 0 Å². The lowest BCUT2D eigenvalue weighted by Crippen LogP contribution is -3.12. The number of quaternary nitrogens is 1. The van der Waals surface area contributed by atoms with Gasteiger partial charge in [-0.2, -0.15) is 0 Å². The van der Waals surface area contributed by atoms with Gasteiger partial charge in [-0.3, -0.25) is 9.59 Å². The van der Waals surface area contributed by atoms with Crippen molar-refractivity contribution in [3.8, 4) is 0 Å². The topological polar surface area (TPSA) is 57.1 Å². The van der Waals surface area contributed by atoms with E-state index in [0.29, 0.717) is 6.54 Å². The molecule has 0 bridgehead atoms. The molecule has 2 heterocycles. The Labute approximate surface area is 182 Å². The van der Waals surface area contributed by atoms with Gasteiger partial charge in [0.1, 0.15) is 0 Å². The number of hydrogen-bond acceptors (Lipinski definition) is 4. The molecular formula is C23H29N4O2S+. The maximum atomic E-state index is 12.8. The minimum atomic E-state index is -0.337. The maximum absolute atomic E-state index is 12.8. The first-order valence-corrected chi connectivity index (χ1v) is 11.7. The van der Waals surface area contributed by atoms with Gasteiger partial charge in [0.05, 0.1) is 39.1 Å². The lowest BCUT2D eigenvalue weighted by atomic mass is 10.1. The molecule has 2 amide bonds. The van der Waals surface area contributed by atoms with Crippen LogP contribution in [0.25, 0.3) is 0 Å². The lowest BCUT2D eigenvalue weighted by molar-refractivity contribution is -0.880. The molecule has 0 aliphatic carbocycles. The van der Waals surface area contributed by atoms with Crippen LogP contribution in [0.2, 0.25) is 0 Å². The molecule has 7 heteroatoms. The fourth-order valence-corrected chi connectivity index (χ4v) is 4.51. The van der Waals surface area contributed by atoms with Crippen molar-refractivity contribution in [2.75, 3.05) is 61.1 Å². The Hall–Kier alpha value is -2.51. The SMILES string of the molecule is CSc1cccc(N2C[C@H](C(=O)Nc3ccc(N4CC[NH+](C)CC4)cc3)CC2=O)c1. The minimum Gasteiger partial charge on any atom is -0.360 e. The van der Waals surface area contributed by atoms with Crippen LogP contribution in [0, 0.1) is 5.92 Å². The van der Waals surface area contributed by atoms with Crippen molar-refractivity contribution in [3.63, 3.8) is 0 Å². The van der Waals surface area contributed by atoms with Gasteiger partial charge in [0.2, 0.25) is 11.8 Å². The number of hydrogen-bond donors (Lipinski definition) is 2. The van der Waals surface area contributed by atoms with E-state index in [2.05, 4.69) is 29.4 Å². The highest BCUT2D eigenvalue weighted by atomic mass is 32.2. The van der Waals surface area contributed by atoms with Gasteiger partial charge < -0.3 is 20.0 Å². The fourth-order valence-electron chi connectivity index (χ4n) is 4.06. The average Bonchev–Trinajstić information content (AvgIpc) is 3.17. The summed E-state index contributed by atoms with van der Waals surface area (Å²) in [5, 5.41) is 2.99. The van der Waals surface area contributed by atoms with Gasteiger partial charge in [0, 0.05) is 34.9 Å². The number of rotatable bonds is 5. The van der Waals surface area contributed by atoms with Gasteiger partial charge in [-0.05, 0) is 48.7 Å². The summed E-state index contributed by atoms with van der Waals surface area (Å²) in [5.41, 5.74) is 2.83. The standard InChI is InChI=1S/C23H28N4O2S/c1-25-10-12-26(13-11-25)19-8-6-18(7-9-19)24-23(29)17-14-22(28)27(16-17)20-4-3-5-21(15-20)30-2/h3-9,15,17H,10-14,16H2,1-2H3,(H,24,29)/p+1/t17-/m1/s1. The van der Waals surface area contributed by atoms with E-state index >= 15 is 0 Å². The first kappa shape index (κ1) is 20.8. The molecule has 2 fully saturated rings. The highest BCUT2D eigenvalue weighted by Crippen LogP contribution is 2.29. The summed E-state index contributed by atoms with van der Waals surface area (Å²) >= 11 is 1.64. The van der Waals surface area contributed by atoms with Crippen LogP contribution in [-0.4, -0.2) is 57.8 Å². The number of likely N-dealkylation sites (N-methyl/N-ethyl adjacent to an activating group) is 1. The van der Waals surface area contributed by atoms with Crippen LogP contribution in [0.1, 0.15) is 6.42 Å². The second-order valence-corrected chi connectivity index (χ2v) is 8.97. The van der Waals surface area contributed by atoms with Crippen molar-refractivity contribution >= 4 is 40.6 Å². The van der Waals surface area contributed by atoms with Gasteiger partial charge in [-0.15, -0.1) is 11.8 Å². The zero-order chi connectivity index (χ0) is 21.1. The largest absolute Gasteiger partial charge is 0.360 e. The molecule has 1 atom stereocenters. The third kappa shape index (κ3) is 4.63. The smallest absolute Gasteiger partial charge is 0.229 e. The van der Waals surface area contributed by atoms with Gasteiger partial charge in [0.25, 0.3) is 0 Å². The Balaban J connectivity index is 1.36. The van der Waals surface area contributed by atoms with E-state index < -0.39 is 0 Å². The molecule has 158 valence electrons. The molecule has 2 aliphatic heterocycles. The fraction of sp³-hybridized carbons (Fsp3) is 0.391. The number of nitrogens with one attached hydrogen (secondary N) is 2. The third-order valence-electron chi connectivity index (χ3n) is 5.98. The van der Waals surface area contributed by atoms with Crippen molar-refractivity contribution in [1.82, 2.24) is 0 Å². The number of benzene rings is 2. The van der Waals surface area contributed by atoms with Gasteiger partial charge in [0.15, 0.2) is 0 Å². The van der Waals surface area contributed by atoms with Crippen LogP contribution in [0.3, 0.4) is 0 Å². The molecule has 4 rings (SSSR count). The molecule has 2 N–H and O–H groups in total. The zero-order valence-electron chi connectivity index (χ0n) is 17.6. The van der Waals surface area contributed by atoms with Crippen LogP contribution < -0.4 is 20.0 Å².